The van der Waals surface area contributed by atoms with Crippen molar-refractivity contribution in [3.05, 3.63) is 35.7 Å². The van der Waals surface area contributed by atoms with E-state index < -0.39 is 9.84 Å². The van der Waals surface area contributed by atoms with E-state index in [0.717, 1.165) is 11.1 Å². The van der Waals surface area contributed by atoms with Gasteiger partial charge in [0.25, 0.3) is 0 Å². The highest BCUT2D eigenvalue weighted by molar-refractivity contribution is 7.91. The molecule has 7 nitrogen and oxygen atoms in total. The van der Waals surface area contributed by atoms with Crippen LogP contribution in [0.15, 0.2) is 28.8 Å². The first-order valence-corrected chi connectivity index (χ1v) is 9.63. The van der Waals surface area contributed by atoms with E-state index in [2.05, 4.69) is 15.5 Å². The lowest BCUT2D eigenvalue weighted by Gasteiger charge is -2.09. The Morgan fingerprint density at radius 2 is 2.08 bits per heavy atom. The Morgan fingerprint density at radius 3 is 2.75 bits per heavy atom. The number of hydrogen-bond donors (Lipinski definition) is 1. The van der Waals surface area contributed by atoms with Crippen molar-refractivity contribution in [1.29, 1.82) is 0 Å². The van der Waals surface area contributed by atoms with Gasteiger partial charge in [0.2, 0.25) is 17.6 Å². The minimum absolute atomic E-state index is 0.0247. The number of hydrogen-bond acceptors (Lipinski definition) is 6. The molecule has 0 bridgehead atoms. The second kappa shape index (κ2) is 6.72. The molecular formula is C16H19N3O4S. The summed E-state index contributed by atoms with van der Waals surface area (Å²) in [4.78, 5) is 16.2. The molecule has 2 aromatic rings. The van der Waals surface area contributed by atoms with Crippen molar-refractivity contribution in [2.45, 2.75) is 32.2 Å². The van der Waals surface area contributed by atoms with Crippen molar-refractivity contribution in [3.63, 3.8) is 0 Å². The smallest absolute Gasteiger partial charge is 0.227 e. The molecule has 1 amide bonds. The average Bonchev–Trinajstić information content (AvgIpc) is 3.12. The van der Waals surface area contributed by atoms with Gasteiger partial charge in [-0.3, -0.25) is 4.79 Å². The van der Waals surface area contributed by atoms with E-state index in [1.165, 1.54) is 0 Å². The molecule has 1 unspecified atom stereocenters. The van der Waals surface area contributed by atoms with Crippen LogP contribution in [-0.2, 0) is 21.1 Å². The molecule has 0 radical (unpaired) electrons. The molecule has 24 heavy (non-hydrogen) atoms. The van der Waals surface area contributed by atoms with Gasteiger partial charge in [0.15, 0.2) is 9.84 Å². The highest BCUT2D eigenvalue weighted by atomic mass is 32.2. The van der Waals surface area contributed by atoms with Crippen LogP contribution in [0.3, 0.4) is 0 Å². The van der Waals surface area contributed by atoms with E-state index in [0.29, 0.717) is 24.6 Å². The van der Waals surface area contributed by atoms with Crippen LogP contribution in [0, 0.1) is 6.92 Å². The number of aromatic nitrogens is 2. The molecule has 0 spiro atoms. The summed E-state index contributed by atoms with van der Waals surface area (Å²) in [5.74, 6) is 0.845. The normalized spacial score (nSPS) is 19.3. The summed E-state index contributed by atoms with van der Waals surface area (Å²) in [5, 5.41) is 6.66. The average molecular weight is 349 g/mol. The first kappa shape index (κ1) is 16.6. The third-order valence-electron chi connectivity index (χ3n) is 3.94. The number of nitrogens with zero attached hydrogens (tertiary/aromatic N) is 2. The number of aryl methyl sites for hydroxylation is 2. The van der Waals surface area contributed by atoms with Gasteiger partial charge in [-0.2, -0.15) is 4.98 Å². The lowest BCUT2D eigenvalue weighted by atomic mass is 10.1. The molecule has 0 saturated carbocycles. The molecule has 1 N–H and O–H groups in total. The Balaban J connectivity index is 1.52. The molecule has 128 valence electrons. The minimum Gasteiger partial charge on any atom is -0.352 e. The molecule has 1 aromatic heterocycles. The van der Waals surface area contributed by atoms with Crippen LogP contribution < -0.4 is 5.32 Å². The van der Waals surface area contributed by atoms with Crippen LogP contribution in [0.5, 0.6) is 0 Å². The Kier molecular flexibility index (Phi) is 4.66. The SMILES string of the molecule is Cc1ccc(-c2noc(CCC(=O)NC3CCS(=O)(=O)C3)n2)cc1. The third kappa shape index (κ3) is 4.19. The molecule has 1 aromatic carbocycles. The van der Waals surface area contributed by atoms with Crippen LogP contribution in [0.2, 0.25) is 0 Å². The van der Waals surface area contributed by atoms with E-state index >= 15 is 0 Å². The van der Waals surface area contributed by atoms with Crippen LogP contribution >= 0.6 is 0 Å². The summed E-state index contributed by atoms with van der Waals surface area (Å²) < 4.78 is 27.9. The fourth-order valence-electron chi connectivity index (χ4n) is 2.61. The zero-order valence-electron chi connectivity index (χ0n) is 13.4. The summed E-state index contributed by atoms with van der Waals surface area (Å²) in [6.45, 7) is 2.00. The van der Waals surface area contributed by atoms with Gasteiger partial charge in [0, 0.05) is 24.4 Å². The van der Waals surface area contributed by atoms with Gasteiger partial charge in [-0.25, -0.2) is 8.42 Å². The quantitative estimate of drug-likeness (QED) is 0.872. The molecule has 1 aliphatic heterocycles. The van der Waals surface area contributed by atoms with Crippen molar-refractivity contribution >= 4 is 15.7 Å². The van der Waals surface area contributed by atoms with Crippen LogP contribution in [0.25, 0.3) is 11.4 Å². The van der Waals surface area contributed by atoms with Crippen molar-refractivity contribution in [2.24, 2.45) is 0 Å². The molecule has 1 fully saturated rings. The predicted molar refractivity (Wildman–Crippen MR) is 88.0 cm³/mol. The Bertz CT molecular complexity index is 827. The summed E-state index contributed by atoms with van der Waals surface area (Å²) >= 11 is 0. The van der Waals surface area contributed by atoms with Crippen molar-refractivity contribution in [2.75, 3.05) is 11.5 Å². The van der Waals surface area contributed by atoms with Crippen molar-refractivity contribution in [1.82, 2.24) is 15.5 Å². The number of rotatable bonds is 5. The van der Waals surface area contributed by atoms with E-state index in [1.54, 1.807) is 0 Å². The maximum absolute atomic E-state index is 11.9. The maximum Gasteiger partial charge on any atom is 0.227 e. The summed E-state index contributed by atoms with van der Waals surface area (Å²) in [6, 6.07) is 7.48. The maximum atomic E-state index is 11.9. The number of sulfone groups is 1. The van der Waals surface area contributed by atoms with Gasteiger partial charge in [0.05, 0.1) is 11.5 Å². The fraction of sp³-hybridized carbons (Fsp3) is 0.438. The molecular weight excluding hydrogens is 330 g/mol. The zero-order chi connectivity index (χ0) is 17.2. The topological polar surface area (TPSA) is 102 Å². The van der Waals surface area contributed by atoms with Gasteiger partial charge in [0.1, 0.15) is 0 Å². The molecule has 8 heteroatoms. The van der Waals surface area contributed by atoms with Crippen molar-refractivity contribution < 1.29 is 17.7 Å². The van der Waals surface area contributed by atoms with E-state index in [1.807, 2.05) is 31.2 Å². The van der Waals surface area contributed by atoms with Crippen molar-refractivity contribution in [3.8, 4) is 11.4 Å². The lowest BCUT2D eigenvalue weighted by molar-refractivity contribution is -0.121. The first-order valence-electron chi connectivity index (χ1n) is 7.81. The Hall–Kier alpha value is -2.22. The van der Waals surface area contributed by atoms with Gasteiger partial charge >= 0.3 is 0 Å². The van der Waals surface area contributed by atoms with Gasteiger partial charge in [-0.1, -0.05) is 35.0 Å². The molecule has 1 saturated heterocycles. The van der Waals surface area contributed by atoms with Gasteiger partial charge < -0.3 is 9.84 Å². The summed E-state index contributed by atoms with van der Waals surface area (Å²) in [6.07, 6.45) is 0.989. The number of carbonyl (C=O) groups excluding carboxylic acids is 1. The Morgan fingerprint density at radius 1 is 1.33 bits per heavy atom. The standard InChI is InChI=1S/C16H19N3O4S/c1-11-2-4-12(5-3-11)16-18-15(23-19-16)7-6-14(20)17-13-8-9-24(21,22)10-13/h2-5,13H,6-10H2,1H3,(H,17,20). The van der Waals surface area contributed by atoms with E-state index in [9.17, 15) is 13.2 Å². The highest BCUT2D eigenvalue weighted by Crippen LogP contribution is 2.17. The fourth-order valence-corrected chi connectivity index (χ4v) is 4.28. The largest absolute Gasteiger partial charge is 0.352 e. The zero-order valence-corrected chi connectivity index (χ0v) is 14.2. The minimum atomic E-state index is -2.99. The second-order valence-electron chi connectivity index (χ2n) is 6.05. The van der Waals surface area contributed by atoms with E-state index in [-0.39, 0.29) is 29.9 Å². The number of benzene rings is 1. The molecule has 1 atom stereocenters. The van der Waals surface area contributed by atoms with Crippen LogP contribution in [-0.4, -0.2) is 42.0 Å². The third-order valence-corrected chi connectivity index (χ3v) is 5.71. The first-order chi connectivity index (χ1) is 11.4. The van der Waals surface area contributed by atoms with Crippen LogP contribution in [0.1, 0.15) is 24.3 Å². The molecule has 0 aliphatic carbocycles. The molecule has 2 heterocycles. The molecule has 1 aliphatic rings. The monoisotopic (exact) mass is 349 g/mol. The summed E-state index contributed by atoms with van der Waals surface area (Å²) in [5.41, 5.74) is 2.00. The number of nitrogens with one attached hydrogen (secondary N) is 1. The second-order valence-corrected chi connectivity index (χ2v) is 8.27. The van der Waals surface area contributed by atoms with E-state index in [4.69, 9.17) is 4.52 Å². The lowest BCUT2D eigenvalue weighted by Crippen LogP contribution is -2.35. The summed E-state index contributed by atoms with van der Waals surface area (Å²) in [7, 11) is -2.99. The predicted octanol–water partition coefficient (Wildman–Crippen LogP) is 1.28. The number of amides is 1. The molecule has 3 rings (SSSR count). The number of carbonyl (C=O) groups is 1. The van der Waals surface area contributed by atoms with Gasteiger partial charge in [-0.15, -0.1) is 0 Å². The Labute approximate surface area is 140 Å². The van der Waals surface area contributed by atoms with Crippen LogP contribution in [0.4, 0.5) is 0 Å². The van der Waals surface area contributed by atoms with Gasteiger partial charge in [-0.05, 0) is 13.3 Å². The highest BCUT2D eigenvalue weighted by Gasteiger charge is 2.28.